The maximum atomic E-state index is 10.7. The summed E-state index contributed by atoms with van der Waals surface area (Å²) in [5, 5.41) is 27.0. The molecule has 0 unspecified atom stereocenters. The molecule has 0 radical (unpaired) electrons. The molecular formula is C8H8BrN7O2. The van der Waals surface area contributed by atoms with Crippen molar-refractivity contribution in [1.82, 2.24) is 25.6 Å². The molecule has 2 rings (SSSR count). The molecular weight excluding hydrogens is 306 g/mol. The first-order valence-electron chi connectivity index (χ1n) is 4.85. The summed E-state index contributed by atoms with van der Waals surface area (Å²) in [6, 6.07) is 0. The predicted octanol–water partition coefficient (Wildman–Crippen LogP) is 1.19. The Morgan fingerprint density at radius 2 is 2.39 bits per heavy atom. The highest BCUT2D eigenvalue weighted by atomic mass is 79.9. The largest absolute Gasteiger partial charge is 0.362 e. The lowest BCUT2D eigenvalue weighted by molar-refractivity contribution is -0.385. The van der Waals surface area contributed by atoms with Crippen LogP contribution in [0.25, 0.3) is 0 Å². The molecule has 10 heteroatoms. The van der Waals surface area contributed by atoms with E-state index < -0.39 is 4.92 Å². The van der Waals surface area contributed by atoms with Crippen molar-refractivity contribution in [3.63, 3.8) is 0 Å². The fourth-order valence-corrected chi connectivity index (χ4v) is 1.74. The number of nitrogens with zero attached hydrogens (tertiary/aromatic N) is 5. The number of tetrazole rings is 1. The van der Waals surface area contributed by atoms with Gasteiger partial charge in [0.1, 0.15) is 12.0 Å². The number of hydrogen-bond donors (Lipinski definition) is 2. The summed E-state index contributed by atoms with van der Waals surface area (Å²) in [6.07, 6.45) is 1.21. The van der Waals surface area contributed by atoms with Gasteiger partial charge in [0.05, 0.1) is 15.9 Å². The maximum Gasteiger partial charge on any atom is 0.291 e. The first kappa shape index (κ1) is 12.4. The van der Waals surface area contributed by atoms with Gasteiger partial charge in [0, 0.05) is 5.56 Å². The summed E-state index contributed by atoms with van der Waals surface area (Å²) in [5.41, 5.74) is 0.470. The standard InChI is InChI=1S/C8H8BrN7O2/c1-4-5(16(17)18)2-10-8(7(4)9)11-3-6-12-14-15-13-6/h2H,3H2,1H3,(H,10,11)(H,12,13,14,15). The first-order valence-corrected chi connectivity index (χ1v) is 5.64. The highest BCUT2D eigenvalue weighted by Gasteiger charge is 2.17. The summed E-state index contributed by atoms with van der Waals surface area (Å²) in [4.78, 5) is 14.2. The second-order valence-electron chi connectivity index (χ2n) is 3.37. The van der Waals surface area contributed by atoms with Crippen molar-refractivity contribution in [3.05, 3.63) is 32.2 Å². The van der Waals surface area contributed by atoms with Gasteiger partial charge in [-0.1, -0.05) is 5.21 Å². The van der Waals surface area contributed by atoms with Crippen molar-refractivity contribution >= 4 is 27.4 Å². The van der Waals surface area contributed by atoms with Crippen LogP contribution in [0.3, 0.4) is 0 Å². The molecule has 0 aliphatic rings. The van der Waals surface area contributed by atoms with Crippen LogP contribution in [0.5, 0.6) is 0 Å². The van der Waals surface area contributed by atoms with Crippen molar-refractivity contribution in [1.29, 1.82) is 0 Å². The molecule has 0 aliphatic heterocycles. The molecule has 0 spiro atoms. The maximum absolute atomic E-state index is 10.7. The van der Waals surface area contributed by atoms with Crippen LogP contribution in [-0.4, -0.2) is 30.5 Å². The van der Waals surface area contributed by atoms with Gasteiger partial charge in [-0.2, -0.15) is 5.21 Å². The highest BCUT2D eigenvalue weighted by Crippen LogP contribution is 2.30. The molecule has 0 aromatic carbocycles. The van der Waals surface area contributed by atoms with Crippen LogP contribution >= 0.6 is 15.9 Å². The second kappa shape index (κ2) is 5.04. The molecule has 2 aromatic heterocycles. The summed E-state index contributed by atoms with van der Waals surface area (Å²) in [5.74, 6) is 0.961. The normalized spacial score (nSPS) is 10.3. The van der Waals surface area contributed by atoms with E-state index in [0.717, 1.165) is 0 Å². The lowest BCUT2D eigenvalue weighted by Gasteiger charge is -2.07. The van der Waals surface area contributed by atoms with E-state index in [2.05, 4.69) is 46.9 Å². The molecule has 2 aromatic rings. The van der Waals surface area contributed by atoms with Gasteiger partial charge in [0.2, 0.25) is 0 Å². The molecule has 0 amide bonds. The van der Waals surface area contributed by atoms with Gasteiger partial charge in [0.25, 0.3) is 5.69 Å². The van der Waals surface area contributed by atoms with Crippen molar-refractivity contribution in [2.75, 3.05) is 5.32 Å². The third-order valence-electron chi connectivity index (χ3n) is 2.24. The average Bonchev–Trinajstić information content (AvgIpc) is 2.83. The average molecular weight is 314 g/mol. The number of hydrogen-bond acceptors (Lipinski definition) is 7. The zero-order valence-electron chi connectivity index (χ0n) is 9.21. The summed E-state index contributed by atoms with van der Waals surface area (Å²) < 4.78 is 0.542. The number of aromatic amines is 1. The van der Waals surface area contributed by atoms with Crippen molar-refractivity contribution < 1.29 is 4.92 Å². The Morgan fingerprint density at radius 3 is 3.00 bits per heavy atom. The van der Waals surface area contributed by atoms with Crippen LogP contribution in [0.15, 0.2) is 10.7 Å². The molecule has 0 atom stereocenters. The summed E-state index contributed by atoms with van der Waals surface area (Å²) >= 11 is 3.27. The van der Waals surface area contributed by atoms with Crippen LogP contribution in [-0.2, 0) is 6.54 Å². The highest BCUT2D eigenvalue weighted by molar-refractivity contribution is 9.10. The zero-order chi connectivity index (χ0) is 13.1. The van der Waals surface area contributed by atoms with Crippen molar-refractivity contribution in [2.45, 2.75) is 13.5 Å². The molecule has 0 saturated heterocycles. The van der Waals surface area contributed by atoms with E-state index in [-0.39, 0.29) is 5.69 Å². The number of H-pyrrole nitrogens is 1. The minimum atomic E-state index is -0.476. The molecule has 2 heterocycles. The second-order valence-corrected chi connectivity index (χ2v) is 4.16. The fourth-order valence-electron chi connectivity index (χ4n) is 1.30. The van der Waals surface area contributed by atoms with Crippen LogP contribution in [0.4, 0.5) is 11.5 Å². The van der Waals surface area contributed by atoms with Gasteiger partial charge in [-0.15, -0.1) is 10.2 Å². The Balaban J connectivity index is 2.19. The lowest BCUT2D eigenvalue weighted by atomic mass is 10.2. The number of nitrogens with one attached hydrogen (secondary N) is 2. The van der Waals surface area contributed by atoms with Crippen LogP contribution in [0.1, 0.15) is 11.4 Å². The molecule has 2 N–H and O–H groups in total. The van der Waals surface area contributed by atoms with Gasteiger partial charge in [-0.3, -0.25) is 10.1 Å². The van der Waals surface area contributed by atoms with E-state index >= 15 is 0 Å². The molecule has 9 nitrogen and oxygen atoms in total. The van der Waals surface area contributed by atoms with E-state index in [1.807, 2.05) is 0 Å². The Hall–Kier alpha value is -2.10. The number of nitro groups is 1. The number of rotatable bonds is 4. The molecule has 0 aliphatic carbocycles. The minimum absolute atomic E-state index is 0.0352. The van der Waals surface area contributed by atoms with Crippen LogP contribution in [0.2, 0.25) is 0 Å². The number of aromatic nitrogens is 5. The van der Waals surface area contributed by atoms with E-state index in [4.69, 9.17) is 0 Å². The molecule has 0 fully saturated rings. The summed E-state index contributed by atoms with van der Waals surface area (Å²) in [7, 11) is 0. The minimum Gasteiger partial charge on any atom is -0.362 e. The van der Waals surface area contributed by atoms with Gasteiger partial charge >= 0.3 is 0 Å². The Kier molecular flexibility index (Phi) is 3.46. The third kappa shape index (κ3) is 2.42. The van der Waals surface area contributed by atoms with Gasteiger partial charge in [0.15, 0.2) is 5.82 Å². The predicted molar refractivity (Wildman–Crippen MR) is 64.8 cm³/mol. The smallest absolute Gasteiger partial charge is 0.291 e. The Morgan fingerprint density at radius 1 is 1.61 bits per heavy atom. The molecule has 0 saturated carbocycles. The zero-order valence-corrected chi connectivity index (χ0v) is 10.8. The molecule has 94 valence electrons. The topological polar surface area (TPSA) is 123 Å². The van der Waals surface area contributed by atoms with Crippen molar-refractivity contribution in [2.24, 2.45) is 0 Å². The molecule has 0 bridgehead atoms. The Labute approximate surface area is 109 Å². The SMILES string of the molecule is Cc1c([N+](=O)[O-])cnc(NCc2nn[nH]n2)c1Br. The quantitative estimate of drug-likeness (QED) is 0.641. The monoisotopic (exact) mass is 313 g/mol. The third-order valence-corrected chi connectivity index (χ3v) is 3.21. The van der Waals surface area contributed by atoms with Crippen LogP contribution in [0, 0.1) is 17.0 Å². The molecule has 18 heavy (non-hydrogen) atoms. The van der Waals surface area contributed by atoms with Crippen molar-refractivity contribution in [3.8, 4) is 0 Å². The van der Waals surface area contributed by atoms with E-state index in [9.17, 15) is 10.1 Å². The van der Waals surface area contributed by atoms with Gasteiger partial charge < -0.3 is 5.32 Å². The van der Waals surface area contributed by atoms with E-state index in [1.165, 1.54) is 6.20 Å². The van der Waals surface area contributed by atoms with Gasteiger partial charge in [-0.05, 0) is 22.9 Å². The van der Waals surface area contributed by atoms with E-state index in [1.54, 1.807) is 6.92 Å². The van der Waals surface area contributed by atoms with E-state index in [0.29, 0.717) is 28.2 Å². The van der Waals surface area contributed by atoms with Crippen LogP contribution < -0.4 is 5.32 Å². The number of anilines is 1. The summed E-state index contributed by atoms with van der Waals surface area (Å²) in [6.45, 7) is 1.96. The first-order chi connectivity index (χ1) is 8.59. The Bertz CT molecular complexity index is 571. The fraction of sp³-hybridized carbons (Fsp3) is 0.250. The lowest BCUT2D eigenvalue weighted by Crippen LogP contribution is -2.05. The van der Waals surface area contributed by atoms with Gasteiger partial charge in [-0.25, -0.2) is 4.98 Å². The number of pyridine rings is 1. The number of halogens is 1.